The number of carbonyl (C=O) groups excluding carboxylic acids is 1. The van der Waals surface area contributed by atoms with E-state index in [0.29, 0.717) is 13.1 Å². The Morgan fingerprint density at radius 3 is 2.59 bits per heavy atom. The van der Waals surface area contributed by atoms with Crippen molar-refractivity contribution in [3.8, 4) is 0 Å². The van der Waals surface area contributed by atoms with Gasteiger partial charge in [-0.05, 0) is 25.2 Å². The number of halogens is 2. The number of benzene rings is 1. The molecule has 0 N–H and O–H groups in total. The molecule has 3 nitrogen and oxygen atoms in total. The normalized spacial score (nSPS) is 17.2. The highest BCUT2D eigenvalue weighted by molar-refractivity contribution is 9.10. The molecule has 0 saturated carbocycles. The van der Waals surface area contributed by atoms with E-state index in [4.69, 9.17) is 0 Å². The van der Waals surface area contributed by atoms with E-state index in [1.165, 1.54) is 12.1 Å². The largest absolute Gasteiger partial charge is 0.336 e. The van der Waals surface area contributed by atoms with Crippen LogP contribution in [0.1, 0.15) is 10.4 Å². The molecule has 2 rings (SSSR count). The van der Waals surface area contributed by atoms with Crippen molar-refractivity contribution >= 4 is 21.8 Å². The van der Waals surface area contributed by atoms with Crippen LogP contribution in [0, 0.1) is 5.82 Å². The first kappa shape index (κ1) is 12.5. The molecule has 92 valence electrons. The van der Waals surface area contributed by atoms with E-state index in [9.17, 15) is 9.18 Å². The molecule has 1 aromatic rings. The Kier molecular flexibility index (Phi) is 3.79. The maximum Gasteiger partial charge on any atom is 0.256 e. The molecule has 17 heavy (non-hydrogen) atoms. The van der Waals surface area contributed by atoms with Gasteiger partial charge in [0.25, 0.3) is 5.91 Å². The topological polar surface area (TPSA) is 23.6 Å². The van der Waals surface area contributed by atoms with Gasteiger partial charge in [0.2, 0.25) is 0 Å². The first-order chi connectivity index (χ1) is 8.08. The van der Waals surface area contributed by atoms with E-state index in [1.54, 1.807) is 11.0 Å². The van der Waals surface area contributed by atoms with Gasteiger partial charge in [-0.15, -0.1) is 0 Å². The Morgan fingerprint density at radius 1 is 1.29 bits per heavy atom. The fourth-order valence-corrected chi connectivity index (χ4v) is 2.20. The molecule has 0 atom stereocenters. The minimum Gasteiger partial charge on any atom is -0.336 e. The lowest BCUT2D eigenvalue weighted by Gasteiger charge is -2.32. The third kappa shape index (κ3) is 2.84. The van der Waals surface area contributed by atoms with Gasteiger partial charge in [-0.25, -0.2) is 4.39 Å². The van der Waals surface area contributed by atoms with Crippen molar-refractivity contribution in [3.05, 3.63) is 34.1 Å². The molecule has 1 aliphatic heterocycles. The molecule has 0 aromatic heterocycles. The fraction of sp³-hybridized carbons (Fsp3) is 0.417. The second kappa shape index (κ2) is 5.14. The molecular weight excluding hydrogens is 287 g/mol. The maximum atomic E-state index is 13.6. The Hall–Kier alpha value is -0.940. The van der Waals surface area contributed by atoms with Crippen molar-refractivity contribution in [2.75, 3.05) is 33.2 Å². The van der Waals surface area contributed by atoms with Crippen LogP contribution in [-0.2, 0) is 0 Å². The highest BCUT2D eigenvalue weighted by Gasteiger charge is 2.22. The quantitative estimate of drug-likeness (QED) is 0.792. The summed E-state index contributed by atoms with van der Waals surface area (Å²) >= 11 is 3.25. The van der Waals surface area contributed by atoms with Gasteiger partial charge >= 0.3 is 0 Å². The fourth-order valence-electron chi connectivity index (χ4n) is 1.84. The summed E-state index contributed by atoms with van der Waals surface area (Å²) in [6.07, 6.45) is 0. The van der Waals surface area contributed by atoms with Crippen molar-refractivity contribution in [3.63, 3.8) is 0 Å². The Labute approximate surface area is 108 Å². The van der Waals surface area contributed by atoms with Crippen LogP contribution in [0.5, 0.6) is 0 Å². The Balaban J connectivity index is 2.16. The van der Waals surface area contributed by atoms with Gasteiger partial charge in [0.15, 0.2) is 0 Å². The monoisotopic (exact) mass is 300 g/mol. The van der Waals surface area contributed by atoms with Crippen molar-refractivity contribution in [1.29, 1.82) is 0 Å². The van der Waals surface area contributed by atoms with Crippen molar-refractivity contribution < 1.29 is 9.18 Å². The minimum atomic E-state index is -0.461. The average Bonchev–Trinajstić information content (AvgIpc) is 2.32. The first-order valence-electron chi connectivity index (χ1n) is 5.51. The number of piperazine rings is 1. The summed E-state index contributed by atoms with van der Waals surface area (Å²) in [5.74, 6) is -0.686. The molecule has 1 aliphatic rings. The van der Waals surface area contributed by atoms with Crippen LogP contribution in [0.15, 0.2) is 22.7 Å². The molecule has 0 unspecified atom stereocenters. The number of rotatable bonds is 1. The number of amides is 1. The zero-order chi connectivity index (χ0) is 12.4. The molecule has 5 heteroatoms. The summed E-state index contributed by atoms with van der Waals surface area (Å²) in [5, 5.41) is 0. The highest BCUT2D eigenvalue weighted by Crippen LogP contribution is 2.17. The summed E-state index contributed by atoms with van der Waals surface area (Å²) in [6.45, 7) is 2.98. The molecule has 1 heterocycles. The van der Waals surface area contributed by atoms with Crippen LogP contribution in [-0.4, -0.2) is 48.9 Å². The van der Waals surface area contributed by atoms with E-state index in [0.717, 1.165) is 17.6 Å². The van der Waals surface area contributed by atoms with E-state index in [-0.39, 0.29) is 11.5 Å². The standard InChI is InChI=1S/C12H14BrFN2O/c1-15-4-6-16(7-5-15)12(17)10-8-9(13)2-3-11(10)14/h2-3,8H,4-7H2,1H3. The van der Waals surface area contributed by atoms with Crippen LogP contribution in [0.4, 0.5) is 4.39 Å². The molecule has 0 aliphatic carbocycles. The van der Waals surface area contributed by atoms with Crippen molar-refractivity contribution in [2.45, 2.75) is 0 Å². The van der Waals surface area contributed by atoms with Crippen LogP contribution < -0.4 is 0 Å². The third-order valence-corrected chi connectivity index (χ3v) is 3.44. The molecule has 1 saturated heterocycles. The van der Waals surface area contributed by atoms with Crippen LogP contribution in [0.25, 0.3) is 0 Å². The third-order valence-electron chi connectivity index (χ3n) is 2.95. The second-order valence-electron chi connectivity index (χ2n) is 4.22. The number of carbonyl (C=O) groups is 1. The van der Waals surface area contributed by atoms with E-state index < -0.39 is 5.82 Å². The summed E-state index contributed by atoms with van der Waals surface area (Å²) in [4.78, 5) is 16.0. The first-order valence-corrected chi connectivity index (χ1v) is 6.30. The van der Waals surface area contributed by atoms with Crippen LogP contribution in [0.3, 0.4) is 0 Å². The lowest BCUT2D eigenvalue weighted by atomic mass is 10.1. The molecule has 1 aromatic carbocycles. The summed E-state index contributed by atoms with van der Waals surface area (Å²) in [7, 11) is 2.02. The molecule has 0 spiro atoms. The number of hydrogen-bond donors (Lipinski definition) is 0. The van der Waals surface area contributed by atoms with Gasteiger partial charge in [0, 0.05) is 30.7 Å². The predicted molar refractivity (Wildman–Crippen MR) is 67.5 cm³/mol. The highest BCUT2D eigenvalue weighted by atomic mass is 79.9. The van der Waals surface area contributed by atoms with Crippen LogP contribution in [0.2, 0.25) is 0 Å². The zero-order valence-electron chi connectivity index (χ0n) is 9.62. The molecule has 0 radical (unpaired) electrons. The van der Waals surface area contributed by atoms with Gasteiger partial charge in [0.05, 0.1) is 5.56 Å². The lowest BCUT2D eigenvalue weighted by Crippen LogP contribution is -2.47. The summed E-state index contributed by atoms with van der Waals surface area (Å²) in [5.41, 5.74) is 0.143. The minimum absolute atomic E-state index is 0.143. The molecule has 1 amide bonds. The van der Waals surface area contributed by atoms with Gasteiger partial charge in [-0.2, -0.15) is 0 Å². The zero-order valence-corrected chi connectivity index (χ0v) is 11.2. The lowest BCUT2D eigenvalue weighted by molar-refractivity contribution is 0.0659. The number of hydrogen-bond acceptors (Lipinski definition) is 2. The van der Waals surface area contributed by atoms with E-state index in [2.05, 4.69) is 20.8 Å². The van der Waals surface area contributed by atoms with Crippen LogP contribution >= 0.6 is 15.9 Å². The van der Waals surface area contributed by atoms with Gasteiger partial charge in [-0.1, -0.05) is 15.9 Å². The second-order valence-corrected chi connectivity index (χ2v) is 5.14. The maximum absolute atomic E-state index is 13.6. The van der Waals surface area contributed by atoms with E-state index >= 15 is 0 Å². The molecular formula is C12H14BrFN2O. The summed E-state index contributed by atoms with van der Waals surface area (Å²) in [6, 6.07) is 4.44. The van der Waals surface area contributed by atoms with Crippen molar-refractivity contribution in [1.82, 2.24) is 9.80 Å². The Morgan fingerprint density at radius 2 is 1.94 bits per heavy atom. The predicted octanol–water partition coefficient (Wildman–Crippen LogP) is 1.98. The van der Waals surface area contributed by atoms with Gasteiger partial charge in [-0.3, -0.25) is 4.79 Å². The smallest absolute Gasteiger partial charge is 0.256 e. The molecule has 1 fully saturated rings. The number of likely N-dealkylation sites (N-methyl/N-ethyl adjacent to an activating group) is 1. The van der Waals surface area contributed by atoms with Gasteiger partial charge < -0.3 is 9.80 Å². The van der Waals surface area contributed by atoms with Gasteiger partial charge in [0.1, 0.15) is 5.82 Å². The van der Waals surface area contributed by atoms with Crippen molar-refractivity contribution in [2.24, 2.45) is 0 Å². The average molecular weight is 301 g/mol. The Bertz CT molecular complexity index is 431. The SMILES string of the molecule is CN1CCN(C(=O)c2cc(Br)ccc2F)CC1. The van der Waals surface area contributed by atoms with E-state index in [1.807, 2.05) is 7.05 Å². The molecule has 0 bridgehead atoms. The summed E-state index contributed by atoms with van der Waals surface area (Å²) < 4.78 is 14.3. The number of nitrogens with zero attached hydrogens (tertiary/aromatic N) is 2.